The second-order valence-electron chi connectivity index (χ2n) is 5.85. The van der Waals surface area contributed by atoms with E-state index in [1.807, 2.05) is 48.5 Å². The lowest BCUT2D eigenvalue weighted by atomic mass is 9.95. The highest BCUT2D eigenvalue weighted by atomic mass is 35.5. The minimum Gasteiger partial charge on any atom is -0.368 e. The van der Waals surface area contributed by atoms with Crippen molar-refractivity contribution in [3.63, 3.8) is 0 Å². The summed E-state index contributed by atoms with van der Waals surface area (Å²) in [5.41, 5.74) is 14.1. The number of carbonyl (C=O) groups is 1. The van der Waals surface area contributed by atoms with E-state index in [4.69, 9.17) is 11.5 Å². The minimum absolute atomic E-state index is 0. The molecular formula is C18H23Cl2N3O. The van der Waals surface area contributed by atoms with Crippen LogP contribution >= 0.6 is 24.8 Å². The molecule has 4 N–H and O–H groups in total. The van der Waals surface area contributed by atoms with Crippen molar-refractivity contribution in [2.75, 3.05) is 13.1 Å². The number of primary amides is 1. The average molecular weight is 368 g/mol. The van der Waals surface area contributed by atoms with Crippen LogP contribution in [0.3, 0.4) is 0 Å². The highest BCUT2D eigenvalue weighted by Gasteiger charge is 2.37. The van der Waals surface area contributed by atoms with Crippen LogP contribution < -0.4 is 11.5 Å². The Morgan fingerprint density at radius 1 is 0.958 bits per heavy atom. The first-order valence-corrected chi connectivity index (χ1v) is 7.55. The summed E-state index contributed by atoms with van der Waals surface area (Å²) in [5, 5.41) is 0. The molecule has 0 saturated carbocycles. The predicted octanol–water partition coefficient (Wildman–Crippen LogP) is 2.48. The number of hydrogen-bond donors (Lipinski definition) is 2. The molecule has 3 rings (SSSR count). The first-order chi connectivity index (χ1) is 10.7. The van der Waals surface area contributed by atoms with Gasteiger partial charge in [0.05, 0.1) is 0 Å². The van der Waals surface area contributed by atoms with Crippen molar-refractivity contribution in [1.82, 2.24) is 4.90 Å². The molecule has 1 saturated heterocycles. The molecule has 130 valence electrons. The molecule has 1 unspecified atom stereocenters. The Morgan fingerprint density at radius 3 is 2.04 bits per heavy atom. The maximum atomic E-state index is 12.0. The lowest BCUT2D eigenvalue weighted by molar-refractivity contribution is -0.123. The minimum atomic E-state index is -0.416. The number of nitrogens with zero attached hydrogens (tertiary/aromatic N) is 1. The molecule has 0 aliphatic carbocycles. The first kappa shape index (κ1) is 20.5. The number of likely N-dealkylation sites (tertiary alicyclic amines) is 1. The van der Waals surface area contributed by atoms with Crippen LogP contribution in [0.2, 0.25) is 0 Å². The number of carbonyl (C=O) groups excluding carboxylic acids is 1. The highest BCUT2D eigenvalue weighted by molar-refractivity contribution is 5.85. The first-order valence-electron chi connectivity index (χ1n) is 7.55. The highest BCUT2D eigenvalue weighted by Crippen LogP contribution is 2.32. The van der Waals surface area contributed by atoms with Gasteiger partial charge in [-0.05, 0) is 11.1 Å². The molecule has 24 heavy (non-hydrogen) atoms. The normalized spacial score (nSPS) is 21.4. The van der Waals surface area contributed by atoms with Crippen molar-refractivity contribution >= 4 is 30.7 Å². The van der Waals surface area contributed by atoms with E-state index in [2.05, 4.69) is 17.0 Å². The molecule has 3 atom stereocenters. The molecular weight excluding hydrogens is 345 g/mol. The SMILES string of the molecule is Cl.Cl.NC(=O)C(c1ccccc1)N1C[C@@H](N)[C@H](c2ccccc2)C1. The second-order valence-corrected chi connectivity index (χ2v) is 5.85. The van der Waals surface area contributed by atoms with Crippen LogP contribution in [0.5, 0.6) is 0 Å². The average Bonchev–Trinajstić information content (AvgIpc) is 2.90. The number of hydrogen-bond acceptors (Lipinski definition) is 3. The fraction of sp³-hybridized carbons (Fsp3) is 0.278. The number of benzene rings is 2. The Kier molecular flexibility index (Phi) is 7.70. The van der Waals surface area contributed by atoms with Crippen molar-refractivity contribution in [2.45, 2.75) is 18.0 Å². The molecule has 0 aromatic heterocycles. The van der Waals surface area contributed by atoms with Crippen molar-refractivity contribution in [1.29, 1.82) is 0 Å². The lowest BCUT2D eigenvalue weighted by Crippen LogP contribution is -2.37. The number of amides is 1. The van der Waals surface area contributed by atoms with Gasteiger partial charge in [0, 0.05) is 25.0 Å². The zero-order valence-corrected chi connectivity index (χ0v) is 14.9. The largest absolute Gasteiger partial charge is 0.368 e. The molecule has 2 aromatic rings. The van der Waals surface area contributed by atoms with E-state index in [0.717, 1.165) is 12.1 Å². The molecule has 1 heterocycles. The van der Waals surface area contributed by atoms with Gasteiger partial charge in [-0.3, -0.25) is 9.69 Å². The van der Waals surface area contributed by atoms with Gasteiger partial charge in [0.1, 0.15) is 6.04 Å². The molecule has 2 aromatic carbocycles. The molecule has 0 bridgehead atoms. The van der Waals surface area contributed by atoms with Crippen LogP contribution in [0.1, 0.15) is 23.1 Å². The quantitative estimate of drug-likeness (QED) is 0.871. The van der Waals surface area contributed by atoms with Crippen molar-refractivity contribution in [3.8, 4) is 0 Å². The summed E-state index contributed by atoms with van der Waals surface area (Å²) in [6.45, 7) is 1.41. The van der Waals surface area contributed by atoms with E-state index in [-0.39, 0.29) is 42.7 Å². The van der Waals surface area contributed by atoms with E-state index in [0.29, 0.717) is 6.54 Å². The van der Waals surface area contributed by atoms with E-state index in [9.17, 15) is 4.79 Å². The fourth-order valence-corrected chi connectivity index (χ4v) is 3.31. The molecule has 1 aliphatic heterocycles. The molecule has 6 heteroatoms. The van der Waals surface area contributed by atoms with Crippen LogP contribution in [0, 0.1) is 0 Å². The monoisotopic (exact) mass is 367 g/mol. The maximum absolute atomic E-state index is 12.0. The molecule has 1 amide bonds. The third kappa shape index (κ3) is 4.28. The Balaban J connectivity index is 0.00000144. The van der Waals surface area contributed by atoms with Gasteiger partial charge in [-0.25, -0.2) is 0 Å². The third-order valence-corrected chi connectivity index (χ3v) is 4.37. The zero-order chi connectivity index (χ0) is 15.5. The number of halogens is 2. The Hall–Kier alpha value is -1.59. The summed E-state index contributed by atoms with van der Waals surface area (Å²) in [5.74, 6) is -0.0983. The van der Waals surface area contributed by atoms with Crippen LogP contribution in [0.25, 0.3) is 0 Å². The molecule has 4 nitrogen and oxygen atoms in total. The van der Waals surface area contributed by atoms with Crippen LogP contribution in [0.15, 0.2) is 60.7 Å². The Labute approximate surface area is 155 Å². The summed E-state index contributed by atoms with van der Waals surface area (Å²) in [6, 6.07) is 19.5. The summed E-state index contributed by atoms with van der Waals surface area (Å²) in [4.78, 5) is 14.1. The predicted molar refractivity (Wildman–Crippen MR) is 102 cm³/mol. The zero-order valence-electron chi connectivity index (χ0n) is 13.2. The van der Waals surface area contributed by atoms with Gasteiger partial charge >= 0.3 is 0 Å². The molecule has 0 spiro atoms. The second kappa shape index (κ2) is 9.04. The van der Waals surface area contributed by atoms with Crippen molar-refractivity contribution < 1.29 is 4.79 Å². The van der Waals surface area contributed by atoms with Crippen LogP contribution in [0.4, 0.5) is 0 Å². The van der Waals surface area contributed by atoms with Crippen LogP contribution in [-0.4, -0.2) is 29.9 Å². The van der Waals surface area contributed by atoms with Gasteiger partial charge in [0.25, 0.3) is 0 Å². The number of nitrogens with two attached hydrogens (primary N) is 2. The third-order valence-electron chi connectivity index (χ3n) is 4.37. The van der Waals surface area contributed by atoms with Gasteiger partial charge in [0.15, 0.2) is 0 Å². The van der Waals surface area contributed by atoms with E-state index >= 15 is 0 Å². The number of rotatable bonds is 4. The summed E-state index contributed by atoms with van der Waals surface area (Å²) in [6.07, 6.45) is 0. The molecule has 1 fully saturated rings. The van der Waals surface area contributed by atoms with Gasteiger partial charge in [-0.15, -0.1) is 24.8 Å². The maximum Gasteiger partial charge on any atom is 0.239 e. The molecule has 1 aliphatic rings. The lowest BCUT2D eigenvalue weighted by Gasteiger charge is -2.25. The van der Waals surface area contributed by atoms with E-state index in [1.54, 1.807) is 0 Å². The summed E-state index contributed by atoms with van der Waals surface area (Å²) < 4.78 is 0. The topological polar surface area (TPSA) is 72.4 Å². The standard InChI is InChI=1S/C18H21N3O.2ClH/c19-16-12-21(11-15(16)13-7-3-1-4-8-13)17(18(20)22)14-9-5-2-6-10-14;;/h1-10,15-17H,11-12,19H2,(H2,20,22);2*1H/t15-,16+,17?;;/m0../s1. The summed E-state index contributed by atoms with van der Waals surface area (Å²) in [7, 11) is 0. The van der Waals surface area contributed by atoms with E-state index in [1.165, 1.54) is 5.56 Å². The molecule has 0 radical (unpaired) electrons. The Morgan fingerprint density at radius 2 is 1.50 bits per heavy atom. The smallest absolute Gasteiger partial charge is 0.239 e. The van der Waals surface area contributed by atoms with Gasteiger partial charge in [-0.2, -0.15) is 0 Å². The Bertz CT molecular complexity index is 639. The van der Waals surface area contributed by atoms with Gasteiger partial charge < -0.3 is 11.5 Å². The van der Waals surface area contributed by atoms with Crippen LogP contribution in [-0.2, 0) is 4.79 Å². The summed E-state index contributed by atoms with van der Waals surface area (Å²) >= 11 is 0. The van der Waals surface area contributed by atoms with Crippen molar-refractivity contribution in [2.24, 2.45) is 11.5 Å². The van der Waals surface area contributed by atoms with E-state index < -0.39 is 6.04 Å². The van der Waals surface area contributed by atoms with Crippen molar-refractivity contribution in [3.05, 3.63) is 71.8 Å². The van der Waals surface area contributed by atoms with Gasteiger partial charge in [-0.1, -0.05) is 60.7 Å². The fourth-order valence-electron chi connectivity index (χ4n) is 3.31. The van der Waals surface area contributed by atoms with Gasteiger partial charge in [0.2, 0.25) is 5.91 Å².